The second-order valence-corrected chi connectivity index (χ2v) is 11.3. The van der Waals surface area contributed by atoms with E-state index >= 15 is 0 Å². The Labute approximate surface area is 196 Å². The quantitative estimate of drug-likeness (QED) is 0.549. The summed E-state index contributed by atoms with van der Waals surface area (Å²) in [5.74, 6) is 0.293. The van der Waals surface area contributed by atoms with Crippen LogP contribution in [0.4, 0.5) is 4.39 Å². The van der Waals surface area contributed by atoms with Gasteiger partial charge in [0.15, 0.2) is 0 Å². The first-order valence-electron chi connectivity index (χ1n) is 11.6. The minimum atomic E-state index is -1.01. The lowest BCUT2D eigenvalue weighted by Gasteiger charge is -2.43. The van der Waals surface area contributed by atoms with Crippen LogP contribution in [0.25, 0.3) is 16.6 Å². The van der Waals surface area contributed by atoms with Gasteiger partial charge >= 0.3 is 0 Å². The third-order valence-electron chi connectivity index (χ3n) is 6.59. The maximum atomic E-state index is 13.4. The van der Waals surface area contributed by atoms with Crippen molar-refractivity contribution in [1.29, 1.82) is 0 Å². The molecule has 3 aromatic rings. The van der Waals surface area contributed by atoms with Gasteiger partial charge in [-0.25, -0.2) is 17.6 Å². The third-order valence-corrected chi connectivity index (χ3v) is 8.27. The summed E-state index contributed by atoms with van der Waals surface area (Å²) in [6.45, 7) is 11.3. The summed E-state index contributed by atoms with van der Waals surface area (Å²) >= 11 is 0. The number of aromatic nitrogens is 2. The molecule has 8 heteroatoms. The zero-order valence-electron chi connectivity index (χ0n) is 19.4. The molecule has 0 saturated carbocycles. The number of fused-ring (bicyclic) bond motifs is 1. The van der Waals surface area contributed by atoms with Crippen LogP contribution in [0.15, 0.2) is 42.6 Å². The smallest absolute Gasteiger partial charge is 0.123 e. The number of ether oxygens (including phenoxy) is 1. The predicted molar refractivity (Wildman–Crippen MR) is 129 cm³/mol. The number of piperazine rings is 1. The molecule has 176 valence electrons. The van der Waals surface area contributed by atoms with Crippen molar-refractivity contribution in [3.63, 3.8) is 0 Å². The average molecular weight is 471 g/mol. The molecule has 0 spiro atoms. The molecule has 2 unspecified atom stereocenters. The van der Waals surface area contributed by atoms with E-state index in [-0.39, 0.29) is 17.1 Å². The van der Waals surface area contributed by atoms with E-state index < -0.39 is 11.0 Å². The molecule has 0 N–H and O–H groups in total. The van der Waals surface area contributed by atoms with Crippen molar-refractivity contribution in [2.45, 2.75) is 32.1 Å². The highest BCUT2D eigenvalue weighted by atomic mass is 32.2. The molecular weight excluding hydrogens is 439 g/mol. The second kappa shape index (κ2) is 9.25. The normalized spacial score (nSPS) is 21.5. The van der Waals surface area contributed by atoms with Crippen LogP contribution < -0.4 is 0 Å². The SMILES string of the molecule is Cc1cc2c(cnn2-c2ccc(F)cc2)cc1C1CN(S(=O)C2COC2)CCN1CC(C)C. The minimum Gasteiger partial charge on any atom is -0.379 e. The van der Waals surface area contributed by atoms with E-state index in [2.05, 4.69) is 47.2 Å². The monoisotopic (exact) mass is 470 g/mol. The molecule has 0 bridgehead atoms. The van der Waals surface area contributed by atoms with Crippen LogP contribution in [-0.4, -0.2) is 67.8 Å². The molecule has 6 nitrogen and oxygen atoms in total. The third kappa shape index (κ3) is 4.49. The zero-order valence-corrected chi connectivity index (χ0v) is 20.2. The molecule has 2 aliphatic heterocycles. The number of aryl methyl sites for hydroxylation is 1. The molecule has 33 heavy (non-hydrogen) atoms. The van der Waals surface area contributed by atoms with E-state index in [1.165, 1.54) is 23.3 Å². The number of rotatable bonds is 6. The highest BCUT2D eigenvalue weighted by Crippen LogP contribution is 2.33. The maximum absolute atomic E-state index is 13.4. The number of benzene rings is 2. The molecule has 1 aromatic heterocycles. The van der Waals surface area contributed by atoms with Gasteiger partial charge in [0, 0.05) is 37.6 Å². The van der Waals surface area contributed by atoms with E-state index in [9.17, 15) is 8.60 Å². The van der Waals surface area contributed by atoms with Crippen LogP contribution in [0.2, 0.25) is 0 Å². The molecule has 0 radical (unpaired) electrons. The van der Waals surface area contributed by atoms with Gasteiger partial charge < -0.3 is 4.74 Å². The molecule has 2 fully saturated rings. The van der Waals surface area contributed by atoms with Crippen LogP contribution in [0.3, 0.4) is 0 Å². The average Bonchev–Trinajstić information content (AvgIpc) is 3.15. The molecule has 2 saturated heterocycles. The standard InChI is InChI=1S/C25H31FN4O2S/c1-17(2)13-28-8-9-29(33(31)22-15-32-16-22)14-25(28)23-11-19-12-27-30(24(19)10-18(23)3)21-6-4-20(26)5-7-21/h4-7,10-12,17,22,25H,8-9,13-16H2,1-3H3. The van der Waals surface area contributed by atoms with E-state index in [0.717, 1.165) is 42.8 Å². The summed E-state index contributed by atoms with van der Waals surface area (Å²) in [6.07, 6.45) is 1.87. The summed E-state index contributed by atoms with van der Waals surface area (Å²) < 4.78 is 35.7. The summed E-state index contributed by atoms with van der Waals surface area (Å²) in [7, 11) is -1.01. The van der Waals surface area contributed by atoms with Gasteiger partial charge in [0.2, 0.25) is 0 Å². The van der Waals surface area contributed by atoms with E-state index in [1.54, 1.807) is 12.1 Å². The topological polar surface area (TPSA) is 50.6 Å². The Hall–Kier alpha value is -2.13. The van der Waals surface area contributed by atoms with Crippen LogP contribution in [0, 0.1) is 18.7 Å². The Kier molecular flexibility index (Phi) is 6.35. The van der Waals surface area contributed by atoms with Gasteiger partial charge in [-0.05, 0) is 60.4 Å². The van der Waals surface area contributed by atoms with Gasteiger partial charge in [-0.3, -0.25) is 4.90 Å². The van der Waals surface area contributed by atoms with Crippen molar-refractivity contribution < 1.29 is 13.3 Å². The Morgan fingerprint density at radius 1 is 1.18 bits per heavy atom. The Morgan fingerprint density at radius 3 is 2.61 bits per heavy atom. The van der Waals surface area contributed by atoms with Crippen molar-refractivity contribution in [2.75, 3.05) is 39.4 Å². The van der Waals surface area contributed by atoms with Crippen molar-refractivity contribution in [1.82, 2.24) is 19.0 Å². The Morgan fingerprint density at radius 2 is 1.94 bits per heavy atom. The summed E-state index contributed by atoms with van der Waals surface area (Å²) in [6, 6.07) is 11.0. The number of hydrogen-bond acceptors (Lipinski definition) is 4. The van der Waals surface area contributed by atoms with Crippen LogP contribution >= 0.6 is 0 Å². The van der Waals surface area contributed by atoms with Gasteiger partial charge in [0.05, 0.1) is 35.9 Å². The number of nitrogens with zero attached hydrogens (tertiary/aromatic N) is 4. The molecule has 0 aliphatic carbocycles. The zero-order chi connectivity index (χ0) is 23.1. The first-order valence-corrected chi connectivity index (χ1v) is 12.8. The Bertz CT molecular complexity index is 1160. The van der Waals surface area contributed by atoms with Gasteiger partial charge in [-0.2, -0.15) is 5.10 Å². The van der Waals surface area contributed by atoms with Crippen molar-refractivity contribution >= 4 is 21.9 Å². The van der Waals surface area contributed by atoms with Gasteiger partial charge in [0.25, 0.3) is 0 Å². The van der Waals surface area contributed by atoms with E-state index in [1.807, 2.05) is 10.9 Å². The molecule has 0 amide bonds. The summed E-state index contributed by atoms with van der Waals surface area (Å²) in [5, 5.41) is 5.76. The maximum Gasteiger partial charge on any atom is 0.123 e. The molecular formula is C25H31FN4O2S. The molecule has 2 atom stereocenters. The van der Waals surface area contributed by atoms with E-state index in [4.69, 9.17) is 4.74 Å². The largest absolute Gasteiger partial charge is 0.379 e. The van der Waals surface area contributed by atoms with Crippen LogP contribution in [-0.2, 0) is 15.7 Å². The van der Waals surface area contributed by atoms with Crippen LogP contribution in [0.1, 0.15) is 31.0 Å². The lowest BCUT2D eigenvalue weighted by Crippen LogP contribution is -2.53. The number of halogens is 1. The van der Waals surface area contributed by atoms with Gasteiger partial charge in [0.1, 0.15) is 16.8 Å². The van der Waals surface area contributed by atoms with Crippen LogP contribution in [0.5, 0.6) is 0 Å². The van der Waals surface area contributed by atoms with E-state index in [0.29, 0.717) is 19.1 Å². The number of hydrogen-bond donors (Lipinski definition) is 0. The highest BCUT2D eigenvalue weighted by molar-refractivity contribution is 7.83. The fourth-order valence-electron chi connectivity index (χ4n) is 4.83. The lowest BCUT2D eigenvalue weighted by molar-refractivity contribution is 0.0393. The second-order valence-electron chi connectivity index (χ2n) is 9.53. The van der Waals surface area contributed by atoms with Crippen molar-refractivity contribution in [3.05, 3.63) is 59.5 Å². The summed E-state index contributed by atoms with van der Waals surface area (Å²) in [5.41, 5.74) is 4.28. The highest BCUT2D eigenvalue weighted by Gasteiger charge is 2.36. The molecule has 2 aromatic carbocycles. The first kappa shape index (κ1) is 22.7. The van der Waals surface area contributed by atoms with Crippen molar-refractivity contribution in [2.24, 2.45) is 5.92 Å². The fraction of sp³-hybridized carbons (Fsp3) is 0.480. The molecule has 2 aliphatic rings. The summed E-state index contributed by atoms with van der Waals surface area (Å²) in [4.78, 5) is 2.54. The first-order chi connectivity index (χ1) is 15.9. The Balaban J connectivity index is 1.49. The minimum absolute atomic E-state index is 0.125. The van der Waals surface area contributed by atoms with Gasteiger partial charge in [-0.1, -0.05) is 13.8 Å². The fourth-order valence-corrected chi connectivity index (χ4v) is 6.22. The van der Waals surface area contributed by atoms with Gasteiger partial charge in [-0.15, -0.1) is 0 Å². The molecule has 5 rings (SSSR count). The lowest BCUT2D eigenvalue weighted by atomic mass is 9.96. The predicted octanol–water partition coefficient (Wildman–Crippen LogP) is 3.85. The molecule has 3 heterocycles. The van der Waals surface area contributed by atoms with Crippen molar-refractivity contribution in [3.8, 4) is 5.69 Å².